The predicted molar refractivity (Wildman–Crippen MR) is 98.6 cm³/mol. The molecule has 27 heavy (non-hydrogen) atoms. The minimum atomic E-state index is -0.268. The first-order valence-corrected chi connectivity index (χ1v) is 8.99. The summed E-state index contributed by atoms with van der Waals surface area (Å²) in [6, 6.07) is 9.16. The van der Waals surface area contributed by atoms with E-state index in [1.54, 1.807) is 12.1 Å². The summed E-state index contributed by atoms with van der Waals surface area (Å²) in [5.41, 5.74) is 4.43. The molecule has 0 fully saturated rings. The fraction of sp³-hybridized carbons (Fsp3) is 0.286. The van der Waals surface area contributed by atoms with Crippen LogP contribution in [0.25, 0.3) is 0 Å². The molecular weight excluding hydrogens is 346 g/mol. The summed E-state index contributed by atoms with van der Waals surface area (Å²) in [5.74, 6) is 1.71. The Morgan fingerprint density at radius 3 is 2.74 bits per heavy atom. The van der Waals surface area contributed by atoms with Crippen LogP contribution in [0, 0.1) is 0 Å². The van der Waals surface area contributed by atoms with Gasteiger partial charge in [-0.2, -0.15) is 0 Å². The number of phenolic OH excluding ortho intramolecular Hbond substituents is 1. The number of methoxy groups -OCH3 is 1. The van der Waals surface area contributed by atoms with E-state index in [1.807, 2.05) is 18.2 Å². The average Bonchev–Trinajstić information content (AvgIpc) is 3.12. The molecule has 2 aliphatic heterocycles. The van der Waals surface area contributed by atoms with Crippen LogP contribution < -0.4 is 19.5 Å². The molecule has 0 saturated carbocycles. The number of ether oxygens (including phenoxy) is 3. The third kappa shape index (κ3) is 2.44. The van der Waals surface area contributed by atoms with Gasteiger partial charge in [0.15, 0.2) is 28.8 Å². The van der Waals surface area contributed by atoms with E-state index in [2.05, 4.69) is 5.32 Å². The molecule has 0 saturated heterocycles. The second-order valence-electron chi connectivity index (χ2n) is 6.95. The van der Waals surface area contributed by atoms with Gasteiger partial charge in [-0.15, -0.1) is 0 Å². The topological polar surface area (TPSA) is 77.0 Å². The maximum absolute atomic E-state index is 12.8. The molecule has 2 N–H and O–H groups in total. The molecule has 0 radical (unpaired) electrons. The molecule has 6 heteroatoms. The van der Waals surface area contributed by atoms with Crippen LogP contribution in [0.1, 0.15) is 36.3 Å². The van der Waals surface area contributed by atoms with Crippen molar-refractivity contribution in [3.63, 3.8) is 0 Å². The predicted octanol–water partition coefficient (Wildman–Crippen LogP) is 3.69. The van der Waals surface area contributed by atoms with E-state index in [1.165, 1.54) is 7.11 Å². The molecule has 0 aromatic heterocycles. The van der Waals surface area contributed by atoms with Crippen molar-refractivity contribution in [2.24, 2.45) is 0 Å². The standard InChI is InChI=1S/C21H19NO5/c1-25-17-6-5-11(7-16(17)24)20-12-8-18-19(27-10-26-18)9-14(12)22-13-3-2-4-15(23)21(13)20/h5-9,20,22,24H,2-4,10H2,1H3/t20-/m0/s1. The molecular formula is C21H19NO5. The van der Waals surface area contributed by atoms with Gasteiger partial charge in [0.05, 0.1) is 7.11 Å². The SMILES string of the molecule is COc1ccc([C@@H]2C3=C(CCCC3=O)Nc3cc4c(cc32)OCO4)cc1O. The number of carbonyl (C=O) groups is 1. The number of aromatic hydroxyl groups is 1. The van der Waals surface area contributed by atoms with E-state index in [9.17, 15) is 9.90 Å². The number of anilines is 1. The molecule has 0 bridgehead atoms. The van der Waals surface area contributed by atoms with Crippen LogP contribution in [-0.4, -0.2) is 24.8 Å². The molecule has 0 spiro atoms. The van der Waals surface area contributed by atoms with Gasteiger partial charge in [-0.25, -0.2) is 0 Å². The van der Waals surface area contributed by atoms with Crippen molar-refractivity contribution in [1.29, 1.82) is 0 Å². The Labute approximate surface area is 156 Å². The zero-order chi connectivity index (χ0) is 18.5. The number of hydrogen-bond donors (Lipinski definition) is 2. The highest BCUT2D eigenvalue weighted by Crippen LogP contribution is 2.50. The number of phenols is 1. The summed E-state index contributed by atoms with van der Waals surface area (Å²) in [6.45, 7) is 0.193. The number of ketones is 1. The van der Waals surface area contributed by atoms with Crippen molar-refractivity contribution in [3.8, 4) is 23.0 Å². The van der Waals surface area contributed by atoms with Crippen LogP contribution in [0.2, 0.25) is 0 Å². The van der Waals surface area contributed by atoms with E-state index in [4.69, 9.17) is 14.2 Å². The zero-order valence-electron chi connectivity index (χ0n) is 14.9. The molecule has 5 rings (SSSR count). The van der Waals surface area contributed by atoms with Gasteiger partial charge in [0.1, 0.15) is 0 Å². The molecule has 2 aromatic rings. The first-order valence-electron chi connectivity index (χ1n) is 8.99. The summed E-state index contributed by atoms with van der Waals surface area (Å²) in [7, 11) is 1.51. The lowest BCUT2D eigenvalue weighted by atomic mass is 9.75. The minimum absolute atomic E-state index is 0.0567. The Hall–Kier alpha value is -3.15. The lowest BCUT2D eigenvalue weighted by molar-refractivity contribution is -0.116. The maximum atomic E-state index is 12.8. The van der Waals surface area contributed by atoms with Crippen molar-refractivity contribution in [2.75, 3.05) is 19.2 Å². The fourth-order valence-electron chi connectivity index (χ4n) is 4.18. The van der Waals surface area contributed by atoms with Crippen LogP contribution in [-0.2, 0) is 4.79 Å². The van der Waals surface area contributed by atoms with Gasteiger partial charge < -0.3 is 24.6 Å². The van der Waals surface area contributed by atoms with Gasteiger partial charge in [0, 0.05) is 35.4 Å². The monoisotopic (exact) mass is 365 g/mol. The number of hydrogen-bond acceptors (Lipinski definition) is 6. The first-order chi connectivity index (χ1) is 13.2. The molecule has 2 heterocycles. The van der Waals surface area contributed by atoms with Gasteiger partial charge in [0.2, 0.25) is 6.79 Å². The van der Waals surface area contributed by atoms with Crippen LogP contribution in [0.4, 0.5) is 5.69 Å². The molecule has 2 aromatic carbocycles. The van der Waals surface area contributed by atoms with Gasteiger partial charge in [-0.1, -0.05) is 6.07 Å². The number of nitrogens with one attached hydrogen (secondary N) is 1. The lowest BCUT2D eigenvalue weighted by Crippen LogP contribution is -2.26. The van der Waals surface area contributed by atoms with Gasteiger partial charge >= 0.3 is 0 Å². The second kappa shape index (κ2) is 5.94. The van der Waals surface area contributed by atoms with Crippen LogP contribution in [0.3, 0.4) is 0 Å². The highest BCUT2D eigenvalue weighted by atomic mass is 16.7. The van der Waals surface area contributed by atoms with E-state index >= 15 is 0 Å². The van der Waals surface area contributed by atoms with Crippen LogP contribution in [0.5, 0.6) is 23.0 Å². The number of carbonyl (C=O) groups excluding carboxylic acids is 1. The molecule has 0 unspecified atom stereocenters. The summed E-state index contributed by atoms with van der Waals surface area (Å²) < 4.78 is 16.2. The Kier molecular flexibility index (Phi) is 3.53. The summed E-state index contributed by atoms with van der Waals surface area (Å²) in [4.78, 5) is 12.8. The molecule has 6 nitrogen and oxygen atoms in total. The van der Waals surface area contributed by atoms with E-state index in [0.717, 1.165) is 40.9 Å². The average molecular weight is 365 g/mol. The number of rotatable bonds is 2. The molecule has 3 aliphatic rings. The van der Waals surface area contributed by atoms with Crippen molar-refractivity contribution in [2.45, 2.75) is 25.2 Å². The van der Waals surface area contributed by atoms with E-state index in [0.29, 0.717) is 23.7 Å². The van der Waals surface area contributed by atoms with Crippen LogP contribution in [0.15, 0.2) is 41.6 Å². The Morgan fingerprint density at radius 1 is 1.15 bits per heavy atom. The molecule has 1 atom stereocenters. The first kappa shape index (κ1) is 16.1. The Bertz CT molecular complexity index is 994. The van der Waals surface area contributed by atoms with Crippen LogP contribution >= 0.6 is 0 Å². The summed E-state index contributed by atoms with van der Waals surface area (Å²) >= 11 is 0. The number of allylic oxidation sites excluding steroid dienone is 2. The highest BCUT2D eigenvalue weighted by molar-refractivity contribution is 6.01. The van der Waals surface area contributed by atoms with Gasteiger partial charge in [0.25, 0.3) is 0 Å². The Morgan fingerprint density at radius 2 is 1.96 bits per heavy atom. The largest absolute Gasteiger partial charge is 0.504 e. The second-order valence-corrected chi connectivity index (χ2v) is 6.95. The van der Waals surface area contributed by atoms with Crippen molar-refractivity contribution in [3.05, 3.63) is 52.7 Å². The zero-order valence-corrected chi connectivity index (χ0v) is 14.9. The lowest BCUT2D eigenvalue weighted by Gasteiger charge is -2.34. The number of fused-ring (bicyclic) bond motifs is 2. The van der Waals surface area contributed by atoms with E-state index < -0.39 is 0 Å². The molecule has 0 amide bonds. The van der Waals surface area contributed by atoms with Gasteiger partial charge in [-0.3, -0.25) is 4.79 Å². The van der Waals surface area contributed by atoms with Crippen molar-refractivity contribution < 1.29 is 24.1 Å². The maximum Gasteiger partial charge on any atom is 0.231 e. The Balaban J connectivity index is 1.72. The minimum Gasteiger partial charge on any atom is -0.504 e. The smallest absolute Gasteiger partial charge is 0.231 e. The normalized spacial score (nSPS) is 20.0. The van der Waals surface area contributed by atoms with Gasteiger partial charge in [-0.05, 0) is 42.2 Å². The number of Topliss-reactive ketones (excluding diaryl/α,β-unsaturated/α-hetero) is 1. The highest BCUT2D eigenvalue weighted by Gasteiger charge is 2.36. The van der Waals surface area contributed by atoms with Crippen molar-refractivity contribution >= 4 is 11.5 Å². The van der Waals surface area contributed by atoms with E-state index in [-0.39, 0.29) is 24.2 Å². The van der Waals surface area contributed by atoms with Crippen molar-refractivity contribution in [1.82, 2.24) is 0 Å². The molecule has 1 aliphatic carbocycles. The molecule has 138 valence electrons. The number of benzene rings is 2. The summed E-state index contributed by atoms with van der Waals surface area (Å²) in [5, 5.41) is 13.7. The third-order valence-electron chi connectivity index (χ3n) is 5.42. The fourth-order valence-corrected chi connectivity index (χ4v) is 4.18. The quantitative estimate of drug-likeness (QED) is 0.845. The third-order valence-corrected chi connectivity index (χ3v) is 5.42. The summed E-state index contributed by atoms with van der Waals surface area (Å²) in [6.07, 6.45) is 2.21.